The van der Waals surface area contributed by atoms with Gasteiger partial charge in [0, 0.05) is 6.92 Å². The predicted octanol–water partition coefficient (Wildman–Crippen LogP) is 1.80. The molecule has 1 N–H and O–H groups in total. The van der Waals surface area contributed by atoms with E-state index >= 15 is 0 Å². The monoisotopic (exact) mass is 150 g/mol. The first-order valence-electron chi connectivity index (χ1n) is 3.45. The summed E-state index contributed by atoms with van der Waals surface area (Å²) >= 11 is 0. The Hall–Kier alpha value is -0.180. The molecule has 10 heavy (non-hydrogen) atoms. The van der Waals surface area contributed by atoms with Gasteiger partial charge in [0.2, 0.25) is 0 Å². The van der Waals surface area contributed by atoms with Crippen LogP contribution in [0.5, 0.6) is 0 Å². The molecule has 1 aliphatic rings. The maximum atomic E-state index is 12.5. The van der Waals surface area contributed by atoms with E-state index in [1.165, 1.54) is 0 Å². The van der Waals surface area contributed by atoms with E-state index < -0.39 is 11.5 Å². The molecule has 0 atom stereocenters. The van der Waals surface area contributed by atoms with Crippen LogP contribution in [0.3, 0.4) is 0 Å². The molecule has 1 rings (SSSR count). The van der Waals surface area contributed by atoms with Crippen molar-refractivity contribution in [2.75, 3.05) is 0 Å². The lowest BCUT2D eigenvalue weighted by molar-refractivity contribution is -0.222. The molecular weight excluding hydrogens is 138 g/mol. The highest BCUT2D eigenvalue weighted by Gasteiger charge is 2.55. The Morgan fingerprint density at radius 3 is 2.00 bits per heavy atom. The van der Waals surface area contributed by atoms with Gasteiger partial charge in [0.1, 0.15) is 5.60 Å². The molecule has 0 bridgehead atoms. The minimum Gasteiger partial charge on any atom is -0.384 e. The zero-order valence-electron chi connectivity index (χ0n) is 6.19. The first-order chi connectivity index (χ1) is 4.35. The Morgan fingerprint density at radius 2 is 1.90 bits per heavy atom. The standard InChI is InChI=1S/C7H12F2O/c1-5-3-7(10,4-5)6(2,8)9/h5,10H,3-4H2,1-2H3. The number of alkyl halides is 2. The first kappa shape index (κ1) is 7.92. The predicted molar refractivity (Wildman–Crippen MR) is 34.0 cm³/mol. The average molecular weight is 150 g/mol. The number of halogens is 2. The third-order valence-electron chi connectivity index (χ3n) is 2.19. The van der Waals surface area contributed by atoms with Crippen LogP contribution in [0.1, 0.15) is 26.7 Å². The summed E-state index contributed by atoms with van der Waals surface area (Å²) in [6.07, 6.45) is 0.465. The van der Waals surface area contributed by atoms with Crippen molar-refractivity contribution in [3.63, 3.8) is 0 Å². The fourth-order valence-electron chi connectivity index (χ4n) is 1.45. The van der Waals surface area contributed by atoms with Crippen LogP contribution < -0.4 is 0 Å². The van der Waals surface area contributed by atoms with Gasteiger partial charge < -0.3 is 5.11 Å². The fraction of sp³-hybridized carbons (Fsp3) is 1.00. The molecule has 0 unspecified atom stereocenters. The minimum atomic E-state index is -2.93. The number of hydrogen-bond donors (Lipinski definition) is 1. The number of hydrogen-bond acceptors (Lipinski definition) is 1. The van der Waals surface area contributed by atoms with Gasteiger partial charge in [-0.25, -0.2) is 8.78 Å². The van der Waals surface area contributed by atoms with E-state index in [1.54, 1.807) is 0 Å². The third-order valence-corrected chi connectivity index (χ3v) is 2.19. The highest BCUT2D eigenvalue weighted by Crippen LogP contribution is 2.47. The van der Waals surface area contributed by atoms with Gasteiger partial charge in [-0.1, -0.05) is 6.92 Å². The molecule has 1 saturated carbocycles. The van der Waals surface area contributed by atoms with Crippen LogP contribution in [0.2, 0.25) is 0 Å². The quantitative estimate of drug-likeness (QED) is 0.604. The molecule has 0 aromatic rings. The largest absolute Gasteiger partial charge is 0.384 e. The molecule has 0 saturated heterocycles. The number of rotatable bonds is 1. The van der Waals surface area contributed by atoms with E-state index in [0.29, 0.717) is 0 Å². The molecule has 1 aliphatic carbocycles. The summed E-state index contributed by atoms with van der Waals surface area (Å²) in [6, 6.07) is 0. The summed E-state index contributed by atoms with van der Waals surface area (Å²) in [4.78, 5) is 0. The van der Waals surface area contributed by atoms with Crippen molar-refractivity contribution in [2.45, 2.75) is 38.2 Å². The molecule has 0 aromatic carbocycles. The maximum Gasteiger partial charge on any atom is 0.273 e. The van der Waals surface area contributed by atoms with Gasteiger partial charge in [-0.3, -0.25) is 0 Å². The molecule has 1 nitrogen and oxygen atoms in total. The lowest BCUT2D eigenvalue weighted by Gasteiger charge is -2.45. The summed E-state index contributed by atoms with van der Waals surface area (Å²) in [6.45, 7) is 2.64. The van der Waals surface area contributed by atoms with Gasteiger partial charge in [0.05, 0.1) is 0 Å². The highest BCUT2D eigenvalue weighted by molar-refractivity contribution is 5.00. The lowest BCUT2D eigenvalue weighted by atomic mass is 9.69. The molecular formula is C7H12F2O. The second-order valence-corrected chi connectivity index (χ2v) is 3.43. The Bertz CT molecular complexity index is 133. The average Bonchev–Trinajstić information content (AvgIpc) is 1.58. The summed E-state index contributed by atoms with van der Waals surface area (Å²) in [5, 5.41) is 9.17. The van der Waals surface area contributed by atoms with Crippen molar-refractivity contribution >= 4 is 0 Å². The molecule has 60 valence electrons. The summed E-state index contributed by atoms with van der Waals surface area (Å²) in [5.41, 5.74) is -1.70. The van der Waals surface area contributed by atoms with E-state index in [0.717, 1.165) is 6.92 Å². The summed E-state index contributed by atoms with van der Waals surface area (Å²) < 4.78 is 25.0. The van der Waals surface area contributed by atoms with Crippen LogP contribution in [-0.4, -0.2) is 16.6 Å². The van der Waals surface area contributed by atoms with Crippen LogP contribution in [0.15, 0.2) is 0 Å². The third kappa shape index (κ3) is 1.03. The Kier molecular flexibility index (Phi) is 1.51. The van der Waals surface area contributed by atoms with Crippen LogP contribution in [0, 0.1) is 5.92 Å². The molecule has 0 amide bonds. The zero-order chi connectivity index (χ0) is 7.99. The Morgan fingerprint density at radius 1 is 1.50 bits per heavy atom. The van der Waals surface area contributed by atoms with Gasteiger partial charge in [-0.2, -0.15) is 0 Å². The van der Waals surface area contributed by atoms with Gasteiger partial charge in [-0.15, -0.1) is 0 Å². The minimum absolute atomic E-state index is 0.233. The molecule has 3 heteroatoms. The van der Waals surface area contributed by atoms with Crippen LogP contribution in [-0.2, 0) is 0 Å². The molecule has 0 spiro atoms. The fourth-order valence-corrected chi connectivity index (χ4v) is 1.45. The van der Waals surface area contributed by atoms with Crippen molar-refractivity contribution in [1.82, 2.24) is 0 Å². The van der Waals surface area contributed by atoms with E-state index in [-0.39, 0.29) is 18.8 Å². The second kappa shape index (κ2) is 1.91. The lowest BCUT2D eigenvalue weighted by Crippen LogP contribution is -2.55. The van der Waals surface area contributed by atoms with E-state index in [1.807, 2.05) is 6.92 Å². The van der Waals surface area contributed by atoms with Crippen molar-refractivity contribution < 1.29 is 13.9 Å². The van der Waals surface area contributed by atoms with Gasteiger partial charge >= 0.3 is 0 Å². The van der Waals surface area contributed by atoms with Gasteiger partial charge in [-0.05, 0) is 18.8 Å². The van der Waals surface area contributed by atoms with E-state index in [2.05, 4.69) is 0 Å². The zero-order valence-corrected chi connectivity index (χ0v) is 6.19. The van der Waals surface area contributed by atoms with E-state index in [9.17, 15) is 8.78 Å². The smallest absolute Gasteiger partial charge is 0.273 e. The normalized spacial score (nSPS) is 41.1. The molecule has 1 fully saturated rings. The highest BCUT2D eigenvalue weighted by atomic mass is 19.3. The van der Waals surface area contributed by atoms with Crippen LogP contribution >= 0.6 is 0 Å². The summed E-state index contributed by atoms with van der Waals surface area (Å²) in [7, 11) is 0. The van der Waals surface area contributed by atoms with Crippen molar-refractivity contribution in [2.24, 2.45) is 5.92 Å². The van der Waals surface area contributed by atoms with E-state index in [4.69, 9.17) is 5.11 Å². The maximum absolute atomic E-state index is 12.5. The molecule has 0 radical (unpaired) electrons. The first-order valence-corrected chi connectivity index (χ1v) is 3.45. The second-order valence-electron chi connectivity index (χ2n) is 3.43. The van der Waals surface area contributed by atoms with Crippen LogP contribution in [0.4, 0.5) is 8.78 Å². The SMILES string of the molecule is CC1CC(O)(C(C)(F)F)C1. The van der Waals surface area contributed by atoms with Crippen molar-refractivity contribution in [1.29, 1.82) is 0 Å². The Balaban J connectivity index is 2.57. The Labute approximate surface area is 59.0 Å². The van der Waals surface area contributed by atoms with Crippen molar-refractivity contribution in [3.8, 4) is 0 Å². The van der Waals surface area contributed by atoms with Gasteiger partial charge in [0.15, 0.2) is 0 Å². The number of aliphatic hydroxyl groups is 1. The van der Waals surface area contributed by atoms with Crippen molar-refractivity contribution in [3.05, 3.63) is 0 Å². The van der Waals surface area contributed by atoms with Crippen LogP contribution in [0.25, 0.3) is 0 Å². The molecule has 0 heterocycles. The molecule has 0 aromatic heterocycles. The topological polar surface area (TPSA) is 20.2 Å². The van der Waals surface area contributed by atoms with Gasteiger partial charge in [0.25, 0.3) is 5.92 Å². The summed E-state index contributed by atoms with van der Waals surface area (Å²) in [5.74, 6) is -2.68. The molecule has 0 aliphatic heterocycles.